The fourth-order valence-electron chi connectivity index (χ4n) is 2.74. The molecule has 2 saturated heterocycles. The number of likely N-dealkylation sites (tertiary alicyclic amines) is 1. The third-order valence-corrected chi connectivity index (χ3v) is 3.90. The standard InChI is InChI=1S/C12H15F3N4/c13-12(14,15)10-4-17-9(3-18-10)5-19-2-1-11(8-19)6-16-7-11/h3-4,16H,1-2,5-8H2. The van der Waals surface area contributed by atoms with Gasteiger partial charge in [-0.15, -0.1) is 0 Å². The minimum Gasteiger partial charge on any atom is -0.315 e. The fraction of sp³-hybridized carbons (Fsp3) is 0.667. The van der Waals surface area contributed by atoms with Gasteiger partial charge < -0.3 is 5.32 Å². The van der Waals surface area contributed by atoms with Crippen molar-refractivity contribution in [1.29, 1.82) is 0 Å². The zero-order valence-electron chi connectivity index (χ0n) is 10.4. The molecule has 3 heterocycles. The number of nitrogens with zero attached hydrogens (tertiary/aromatic N) is 3. The molecular formula is C12H15F3N4. The SMILES string of the molecule is FC(F)(F)c1cnc(CN2CCC3(CNC3)C2)cn1. The first kappa shape index (κ1) is 12.8. The Hall–Kier alpha value is -1.21. The summed E-state index contributed by atoms with van der Waals surface area (Å²) in [6.07, 6.45) is -1.23. The Kier molecular flexibility index (Phi) is 2.98. The lowest BCUT2D eigenvalue weighted by molar-refractivity contribution is -0.141. The third-order valence-electron chi connectivity index (χ3n) is 3.90. The molecule has 3 rings (SSSR count). The summed E-state index contributed by atoms with van der Waals surface area (Å²) in [5.41, 5.74) is 0.0500. The molecule has 0 radical (unpaired) electrons. The molecule has 0 amide bonds. The lowest BCUT2D eigenvalue weighted by atomic mass is 9.81. The van der Waals surface area contributed by atoms with Crippen LogP contribution in [0.2, 0.25) is 0 Å². The first-order chi connectivity index (χ1) is 8.97. The summed E-state index contributed by atoms with van der Waals surface area (Å²) in [5, 5.41) is 3.27. The molecule has 0 bridgehead atoms. The predicted molar refractivity (Wildman–Crippen MR) is 62.2 cm³/mol. The minimum absolute atomic E-state index is 0.388. The second kappa shape index (κ2) is 4.42. The van der Waals surface area contributed by atoms with Crippen LogP contribution in [0.5, 0.6) is 0 Å². The van der Waals surface area contributed by atoms with Crippen molar-refractivity contribution in [3.8, 4) is 0 Å². The number of hydrogen-bond acceptors (Lipinski definition) is 4. The van der Waals surface area contributed by atoms with E-state index < -0.39 is 11.9 Å². The van der Waals surface area contributed by atoms with Crippen molar-refractivity contribution >= 4 is 0 Å². The van der Waals surface area contributed by atoms with Gasteiger partial charge in [-0.25, -0.2) is 4.98 Å². The van der Waals surface area contributed by atoms with Crippen molar-refractivity contribution in [1.82, 2.24) is 20.2 Å². The molecule has 0 aliphatic carbocycles. The molecular weight excluding hydrogens is 257 g/mol. The molecule has 0 unspecified atom stereocenters. The van der Waals surface area contributed by atoms with E-state index in [-0.39, 0.29) is 0 Å². The van der Waals surface area contributed by atoms with Gasteiger partial charge in [-0.3, -0.25) is 9.88 Å². The second-order valence-electron chi connectivity index (χ2n) is 5.45. The molecule has 4 nitrogen and oxygen atoms in total. The van der Waals surface area contributed by atoms with Crippen LogP contribution in [0.4, 0.5) is 13.2 Å². The van der Waals surface area contributed by atoms with Gasteiger partial charge in [0.15, 0.2) is 5.69 Å². The minimum atomic E-state index is -4.42. The lowest BCUT2D eigenvalue weighted by Gasteiger charge is -2.39. The van der Waals surface area contributed by atoms with Crippen LogP contribution in [0, 0.1) is 5.41 Å². The highest BCUT2D eigenvalue weighted by atomic mass is 19.4. The van der Waals surface area contributed by atoms with Crippen molar-refractivity contribution in [3.05, 3.63) is 23.8 Å². The molecule has 19 heavy (non-hydrogen) atoms. The van der Waals surface area contributed by atoms with Crippen LogP contribution in [0.15, 0.2) is 12.4 Å². The molecule has 104 valence electrons. The fourth-order valence-corrected chi connectivity index (χ4v) is 2.74. The molecule has 0 atom stereocenters. The van der Waals surface area contributed by atoms with E-state index in [1.807, 2.05) is 0 Å². The number of halogens is 3. The van der Waals surface area contributed by atoms with Crippen molar-refractivity contribution in [2.75, 3.05) is 26.2 Å². The first-order valence-corrected chi connectivity index (χ1v) is 6.28. The van der Waals surface area contributed by atoms with E-state index in [1.165, 1.54) is 6.20 Å². The van der Waals surface area contributed by atoms with E-state index in [1.54, 1.807) is 0 Å². The third kappa shape index (κ3) is 2.57. The Morgan fingerprint density at radius 1 is 1.26 bits per heavy atom. The van der Waals surface area contributed by atoms with Crippen LogP contribution in [-0.4, -0.2) is 41.0 Å². The molecule has 1 N–H and O–H groups in total. The van der Waals surface area contributed by atoms with E-state index in [9.17, 15) is 13.2 Å². The van der Waals surface area contributed by atoms with Gasteiger partial charge in [0.1, 0.15) is 0 Å². The summed E-state index contributed by atoms with van der Waals surface area (Å²) >= 11 is 0. The van der Waals surface area contributed by atoms with Gasteiger partial charge in [-0.05, 0) is 13.0 Å². The zero-order chi connectivity index (χ0) is 13.5. The Morgan fingerprint density at radius 3 is 2.53 bits per heavy atom. The molecule has 1 spiro atoms. The second-order valence-corrected chi connectivity index (χ2v) is 5.45. The number of hydrogen-bond donors (Lipinski definition) is 1. The molecule has 2 aliphatic rings. The predicted octanol–water partition coefficient (Wildman–Crippen LogP) is 1.29. The van der Waals surface area contributed by atoms with Crippen LogP contribution >= 0.6 is 0 Å². The van der Waals surface area contributed by atoms with Crippen molar-refractivity contribution in [2.24, 2.45) is 5.41 Å². The average molecular weight is 272 g/mol. The summed E-state index contributed by atoms with van der Waals surface area (Å²) in [6, 6.07) is 0. The van der Waals surface area contributed by atoms with Gasteiger partial charge in [-0.2, -0.15) is 13.2 Å². The molecule has 1 aromatic heterocycles. The van der Waals surface area contributed by atoms with Crippen LogP contribution in [0.25, 0.3) is 0 Å². The smallest absolute Gasteiger partial charge is 0.315 e. The van der Waals surface area contributed by atoms with E-state index in [0.717, 1.165) is 38.8 Å². The highest BCUT2D eigenvalue weighted by Gasteiger charge is 2.42. The summed E-state index contributed by atoms with van der Waals surface area (Å²) < 4.78 is 37.1. The summed E-state index contributed by atoms with van der Waals surface area (Å²) in [4.78, 5) is 9.53. The van der Waals surface area contributed by atoms with E-state index in [2.05, 4.69) is 20.2 Å². The van der Waals surface area contributed by atoms with Gasteiger partial charge >= 0.3 is 6.18 Å². The van der Waals surface area contributed by atoms with Crippen molar-refractivity contribution in [2.45, 2.75) is 19.1 Å². The van der Waals surface area contributed by atoms with Gasteiger partial charge in [0, 0.05) is 31.6 Å². The van der Waals surface area contributed by atoms with E-state index >= 15 is 0 Å². The number of nitrogens with one attached hydrogen (secondary N) is 1. The van der Waals surface area contributed by atoms with Crippen LogP contribution in [-0.2, 0) is 12.7 Å². The van der Waals surface area contributed by atoms with Crippen molar-refractivity contribution in [3.63, 3.8) is 0 Å². The normalized spacial score (nSPS) is 22.7. The van der Waals surface area contributed by atoms with Gasteiger partial charge in [0.25, 0.3) is 0 Å². The zero-order valence-corrected chi connectivity index (χ0v) is 10.4. The van der Waals surface area contributed by atoms with Crippen molar-refractivity contribution < 1.29 is 13.2 Å². The van der Waals surface area contributed by atoms with Crippen LogP contribution in [0.1, 0.15) is 17.8 Å². The number of alkyl halides is 3. The quantitative estimate of drug-likeness (QED) is 0.881. The lowest BCUT2D eigenvalue weighted by Crippen LogP contribution is -2.54. The molecule has 2 fully saturated rings. The highest BCUT2D eigenvalue weighted by molar-refractivity contribution is 5.07. The monoisotopic (exact) mass is 272 g/mol. The van der Waals surface area contributed by atoms with Gasteiger partial charge in [0.2, 0.25) is 0 Å². The Labute approximate surface area is 109 Å². The summed E-state index contributed by atoms with van der Waals surface area (Å²) in [7, 11) is 0. The molecule has 7 heteroatoms. The molecule has 2 aliphatic heterocycles. The first-order valence-electron chi connectivity index (χ1n) is 6.28. The molecule has 0 saturated carbocycles. The van der Waals surface area contributed by atoms with E-state index in [0.29, 0.717) is 17.7 Å². The highest BCUT2D eigenvalue weighted by Crippen LogP contribution is 2.34. The van der Waals surface area contributed by atoms with Gasteiger partial charge in [-0.1, -0.05) is 0 Å². The molecule has 0 aromatic carbocycles. The number of aromatic nitrogens is 2. The largest absolute Gasteiger partial charge is 0.434 e. The number of rotatable bonds is 2. The maximum atomic E-state index is 12.4. The van der Waals surface area contributed by atoms with Crippen LogP contribution < -0.4 is 5.32 Å². The van der Waals surface area contributed by atoms with E-state index in [4.69, 9.17) is 0 Å². The van der Waals surface area contributed by atoms with Gasteiger partial charge in [0.05, 0.1) is 18.1 Å². The molecule has 1 aromatic rings. The topological polar surface area (TPSA) is 41.1 Å². The Balaban J connectivity index is 1.61. The summed E-state index contributed by atoms with van der Waals surface area (Å²) in [5.74, 6) is 0. The maximum Gasteiger partial charge on any atom is 0.434 e. The Bertz CT molecular complexity index is 453. The average Bonchev–Trinajstić information content (AvgIpc) is 2.73. The summed E-state index contributed by atoms with van der Waals surface area (Å²) in [6.45, 7) is 4.63. The maximum absolute atomic E-state index is 12.4. The Morgan fingerprint density at radius 2 is 2.05 bits per heavy atom. The van der Waals surface area contributed by atoms with Crippen LogP contribution in [0.3, 0.4) is 0 Å².